The summed E-state index contributed by atoms with van der Waals surface area (Å²) in [4.78, 5) is 32.7. The Kier molecular flexibility index (Phi) is 7.68. The van der Waals surface area contributed by atoms with Crippen LogP contribution in [0.1, 0.15) is 44.4 Å². The minimum Gasteiger partial charge on any atom is -0.385 e. The molecule has 0 bridgehead atoms. The van der Waals surface area contributed by atoms with Crippen LogP contribution in [0.3, 0.4) is 0 Å². The maximum Gasteiger partial charge on any atom is 0.254 e. The Bertz CT molecular complexity index is 1390. The van der Waals surface area contributed by atoms with Gasteiger partial charge in [0.15, 0.2) is 0 Å². The molecule has 1 aliphatic heterocycles. The quantitative estimate of drug-likeness (QED) is 0.278. The second kappa shape index (κ2) is 11.3. The molecule has 4 aromatic rings. The number of fused-ring (bicyclic) bond motifs is 2. The standard InChI is InChI=1S/C31H32N2O3S/c1-22-11-13-24(14-12-22)30-27-16-20-37-28(27)15-18-33(30)29(34)21-32(17-6-19-36-2)31(35)26-10-5-8-23-7-3-4-9-25(23)26/h3-5,7-14,16,20,30H,6,15,17-19,21H2,1-2H3. The van der Waals surface area contributed by atoms with Crippen molar-refractivity contribution in [1.82, 2.24) is 9.80 Å². The van der Waals surface area contributed by atoms with Crippen LogP contribution in [0.4, 0.5) is 0 Å². The summed E-state index contributed by atoms with van der Waals surface area (Å²) >= 11 is 1.76. The fraction of sp³-hybridized carbons (Fsp3) is 0.290. The lowest BCUT2D eigenvalue weighted by Crippen LogP contribution is -2.47. The van der Waals surface area contributed by atoms with Crippen molar-refractivity contribution in [3.8, 4) is 0 Å². The van der Waals surface area contributed by atoms with E-state index in [1.54, 1.807) is 23.3 Å². The Morgan fingerprint density at radius 3 is 2.62 bits per heavy atom. The molecule has 6 heteroatoms. The molecule has 0 fully saturated rings. The molecular weight excluding hydrogens is 480 g/mol. The van der Waals surface area contributed by atoms with Crippen molar-refractivity contribution in [2.45, 2.75) is 25.8 Å². The molecule has 2 heterocycles. The molecule has 190 valence electrons. The third-order valence-corrected chi connectivity index (χ3v) is 8.09. The van der Waals surface area contributed by atoms with E-state index in [9.17, 15) is 9.59 Å². The molecule has 5 rings (SSSR count). The van der Waals surface area contributed by atoms with Crippen LogP contribution in [0.5, 0.6) is 0 Å². The van der Waals surface area contributed by atoms with Gasteiger partial charge in [-0.3, -0.25) is 9.59 Å². The highest BCUT2D eigenvalue weighted by molar-refractivity contribution is 7.10. The van der Waals surface area contributed by atoms with Gasteiger partial charge in [0.1, 0.15) is 6.54 Å². The zero-order valence-corrected chi connectivity index (χ0v) is 22.2. The zero-order chi connectivity index (χ0) is 25.8. The molecule has 1 aromatic heterocycles. The second-order valence-corrected chi connectivity index (χ2v) is 10.5. The summed E-state index contributed by atoms with van der Waals surface area (Å²) in [6, 6.07) is 24.1. The van der Waals surface area contributed by atoms with Crippen LogP contribution in [0.15, 0.2) is 78.2 Å². The summed E-state index contributed by atoms with van der Waals surface area (Å²) in [5, 5.41) is 4.02. The molecule has 0 aliphatic carbocycles. The number of amides is 2. The first-order valence-corrected chi connectivity index (χ1v) is 13.6. The maximum atomic E-state index is 13.9. The highest BCUT2D eigenvalue weighted by Crippen LogP contribution is 2.38. The number of methoxy groups -OCH3 is 1. The van der Waals surface area contributed by atoms with Crippen molar-refractivity contribution in [3.63, 3.8) is 0 Å². The van der Waals surface area contributed by atoms with E-state index in [1.165, 1.54) is 16.0 Å². The third-order valence-electron chi connectivity index (χ3n) is 7.09. The van der Waals surface area contributed by atoms with E-state index in [0.29, 0.717) is 31.7 Å². The van der Waals surface area contributed by atoms with Crippen LogP contribution in [0.25, 0.3) is 10.8 Å². The number of aryl methyl sites for hydroxylation is 1. The van der Waals surface area contributed by atoms with Gasteiger partial charge >= 0.3 is 0 Å². The fourth-order valence-corrected chi connectivity index (χ4v) is 6.09. The maximum absolute atomic E-state index is 13.9. The van der Waals surface area contributed by atoms with Gasteiger partial charge in [-0.1, -0.05) is 66.2 Å². The summed E-state index contributed by atoms with van der Waals surface area (Å²) in [6.45, 7) is 3.73. The average molecular weight is 513 g/mol. The summed E-state index contributed by atoms with van der Waals surface area (Å²) in [5.74, 6) is -0.158. The van der Waals surface area contributed by atoms with Gasteiger partial charge in [0.2, 0.25) is 5.91 Å². The molecule has 1 atom stereocenters. The molecule has 0 saturated heterocycles. The molecule has 1 aliphatic rings. The van der Waals surface area contributed by atoms with Crippen molar-refractivity contribution in [2.75, 3.05) is 33.4 Å². The molecule has 3 aromatic carbocycles. The van der Waals surface area contributed by atoms with E-state index < -0.39 is 0 Å². The Morgan fingerprint density at radius 1 is 1.03 bits per heavy atom. The zero-order valence-electron chi connectivity index (χ0n) is 21.4. The number of rotatable bonds is 8. The van der Waals surface area contributed by atoms with Gasteiger partial charge < -0.3 is 14.5 Å². The van der Waals surface area contributed by atoms with E-state index in [2.05, 4.69) is 42.6 Å². The number of carbonyl (C=O) groups is 2. The predicted molar refractivity (Wildman–Crippen MR) is 149 cm³/mol. The molecule has 2 amide bonds. The summed E-state index contributed by atoms with van der Waals surface area (Å²) in [5.41, 5.74) is 4.11. The highest BCUT2D eigenvalue weighted by atomic mass is 32.1. The Labute approximate surface area is 222 Å². The fourth-order valence-electron chi connectivity index (χ4n) is 5.18. The third kappa shape index (κ3) is 5.31. The minimum absolute atomic E-state index is 0.0339. The van der Waals surface area contributed by atoms with Crippen molar-refractivity contribution in [1.29, 1.82) is 0 Å². The summed E-state index contributed by atoms with van der Waals surface area (Å²) in [6.07, 6.45) is 1.50. The Balaban J connectivity index is 1.45. The number of thiophene rings is 1. The molecule has 5 nitrogen and oxygen atoms in total. The monoisotopic (exact) mass is 512 g/mol. The summed E-state index contributed by atoms with van der Waals surface area (Å²) < 4.78 is 5.25. The number of nitrogens with zero attached hydrogens (tertiary/aromatic N) is 2. The Morgan fingerprint density at radius 2 is 1.81 bits per heavy atom. The van der Waals surface area contributed by atoms with Gasteiger partial charge in [0.05, 0.1) is 6.04 Å². The number of hydrogen-bond donors (Lipinski definition) is 0. The predicted octanol–water partition coefficient (Wildman–Crippen LogP) is 5.86. The molecule has 0 spiro atoms. The summed E-state index contributed by atoms with van der Waals surface area (Å²) in [7, 11) is 1.65. The van der Waals surface area contributed by atoms with Crippen molar-refractivity contribution in [3.05, 3.63) is 105 Å². The lowest BCUT2D eigenvalue weighted by atomic mass is 9.92. The lowest BCUT2D eigenvalue weighted by molar-refractivity contribution is -0.134. The second-order valence-electron chi connectivity index (χ2n) is 9.55. The first-order valence-electron chi connectivity index (χ1n) is 12.7. The van der Waals surface area contributed by atoms with E-state index in [-0.39, 0.29) is 24.4 Å². The SMILES string of the molecule is COCCCN(CC(=O)N1CCc2sccc2C1c1ccc(C)cc1)C(=O)c1cccc2ccccc12. The highest BCUT2D eigenvalue weighted by Gasteiger charge is 2.34. The Hall–Kier alpha value is -3.48. The van der Waals surface area contributed by atoms with E-state index >= 15 is 0 Å². The van der Waals surface area contributed by atoms with Gasteiger partial charge in [-0.05, 0) is 59.2 Å². The van der Waals surface area contributed by atoms with Crippen LogP contribution >= 0.6 is 11.3 Å². The molecular formula is C31H32N2O3S. The van der Waals surface area contributed by atoms with E-state index in [4.69, 9.17) is 4.74 Å². The smallest absolute Gasteiger partial charge is 0.254 e. The van der Waals surface area contributed by atoms with Crippen LogP contribution in [0, 0.1) is 6.92 Å². The van der Waals surface area contributed by atoms with E-state index in [0.717, 1.165) is 22.8 Å². The first-order chi connectivity index (χ1) is 18.1. The van der Waals surface area contributed by atoms with Crippen LogP contribution in [-0.4, -0.2) is 55.0 Å². The molecule has 0 radical (unpaired) electrons. The van der Waals surface area contributed by atoms with Gasteiger partial charge in [-0.25, -0.2) is 0 Å². The van der Waals surface area contributed by atoms with Crippen molar-refractivity contribution < 1.29 is 14.3 Å². The van der Waals surface area contributed by atoms with Gasteiger partial charge in [0, 0.05) is 37.2 Å². The largest absolute Gasteiger partial charge is 0.385 e. The molecule has 1 unspecified atom stereocenters. The van der Waals surface area contributed by atoms with Gasteiger partial charge in [0.25, 0.3) is 5.91 Å². The number of hydrogen-bond acceptors (Lipinski definition) is 4. The minimum atomic E-state index is -0.142. The lowest BCUT2D eigenvalue weighted by Gasteiger charge is -2.37. The van der Waals surface area contributed by atoms with Crippen molar-refractivity contribution in [2.24, 2.45) is 0 Å². The topological polar surface area (TPSA) is 49.9 Å². The normalized spacial score (nSPS) is 15.0. The first kappa shape index (κ1) is 25.2. The molecule has 0 saturated carbocycles. The van der Waals surface area contributed by atoms with Crippen LogP contribution < -0.4 is 0 Å². The van der Waals surface area contributed by atoms with Gasteiger partial charge in [-0.2, -0.15) is 0 Å². The van der Waals surface area contributed by atoms with Crippen molar-refractivity contribution >= 4 is 33.9 Å². The van der Waals surface area contributed by atoms with E-state index in [1.807, 2.05) is 47.4 Å². The van der Waals surface area contributed by atoms with Gasteiger partial charge in [-0.15, -0.1) is 11.3 Å². The average Bonchev–Trinajstić information content (AvgIpc) is 3.41. The molecule has 0 N–H and O–H groups in total. The number of ether oxygens (including phenoxy) is 1. The number of carbonyl (C=O) groups excluding carboxylic acids is 2. The molecule has 37 heavy (non-hydrogen) atoms. The number of benzene rings is 3. The van der Waals surface area contributed by atoms with Crippen LogP contribution in [0.2, 0.25) is 0 Å². The van der Waals surface area contributed by atoms with Crippen LogP contribution in [-0.2, 0) is 16.0 Å².